The summed E-state index contributed by atoms with van der Waals surface area (Å²) in [5.41, 5.74) is 3.08. The van der Waals surface area contributed by atoms with Gasteiger partial charge in [0.2, 0.25) is 0 Å². The number of aldehydes is 1. The fourth-order valence-electron chi connectivity index (χ4n) is 1.91. The zero-order valence-corrected chi connectivity index (χ0v) is 12.7. The first-order valence-electron chi connectivity index (χ1n) is 6.82. The Morgan fingerprint density at radius 2 is 1.76 bits per heavy atom. The van der Waals surface area contributed by atoms with Crippen molar-refractivity contribution in [1.29, 1.82) is 0 Å². The maximum atomic E-state index is 11.2. The molecule has 0 aromatic heterocycles. The highest BCUT2D eigenvalue weighted by molar-refractivity contribution is 5.81. The molecular formula is C17H22O4. The van der Waals surface area contributed by atoms with Crippen LogP contribution in [0.5, 0.6) is 11.5 Å². The van der Waals surface area contributed by atoms with Crippen LogP contribution in [0.15, 0.2) is 29.4 Å². The molecule has 0 amide bonds. The molecule has 3 N–H and O–H groups in total. The minimum absolute atomic E-state index is 0.0636. The van der Waals surface area contributed by atoms with Crippen molar-refractivity contribution in [3.05, 3.63) is 46.1 Å². The summed E-state index contributed by atoms with van der Waals surface area (Å²) >= 11 is 0. The molecular weight excluding hydrogens is 268 g/mol. The van der Waals surface area contributed by atoms with Crippen LogP contribution in [0.3, 0.4) is 0 Å². The normalized spacial score (nSPS) is 11.3. The predicted octanol–water partition coefficient (Wildman–Crippen LogP) is 2.90. The molecule has 0 fully saturated rings. The Morgan fingerprint density at radius 1 is 1.10 bits per heavy atom. The van der Waals surface area contributed by atoms with Crippen LogP contribution in [0.4, 0.5) is 0 Å². The zero-order valence-electron chi connectivity index (χ0n) is 12.7. The lowest BCUT2D eigenvalue weighted by Gasteiger charge is -2.12. The molecule has 0 heterocycles. The van der Waals surface area contributed by atoms with Crippen molar-refractivity contribution >= 4 is 6.29 Å². The minimum Gasteiger partial charge on any atom is -0.504 e. The molecule has 1 rings (SSSR count). The summed E-state index contributed by atoms with van der Waals surface area (Å²) in [4.78, 5) is 11.2. The van der Waals surface area contributed by atoms with Crippen molar-refractivity contribution in [2.75, 3.05) is 6.61 Å². The van der Waals surface area contributed by atoms with Crippen LogP contribution in [-0.2, 0) is 12.8 Å². The largest absolute Gasteiger partial charge is 0.504 e. The number of hydrogen-bond acceptors (Lipinski definition) is 4. The van der Waals surface area contributed by atoms with Gasteiger partial charge in [0.1, 0.15) is 6.29 Å². The number of aliphatic hydroxyl groups is 1. The van der Waals surface area contributed by atoms with Crippen molar-refractivity contribution in [3.63, 3.8) is 0 Å². The molecule has 1 aromatic rings. The number of phenols is 2. The van der Waals surface area contributed by atoms with Gasteiger partial charge in [0.05, 0.1) is 6.61 Å². The van der Waals surface area contributed by atoms with Gasteiger partial charge in [-0.1, -0.05) is 23.3 Å². The lowest BCUT2D eigenvalue weighted by atomic mass is 9.97. The molecule has 114 valence electrons. The van der Waals surface area contributed by atoms with E-state index < -0.39 is 0 Å². The number of carbonyl (C=O) groups is 1. The minimum atomic E-state index is -0.248. The maximum Gasteiger partial charge on any atom is 0.162 e. The van der Waals surface area contributed by atoms with Crippen molar-refractivity contribution in [1.82, 2.24) is 0 Å². The molecule has 4 heteroatoms. The molecule has 0 spiro atoms. The van der Waals surface area contributed by atoms with E-state index >= 15 is 0 Å². The Labute approximate surface area is 125 Å². The first kappa shape index (κ1) is 17.0. The highest BCUT2D eigenvalue weighted by Crippen LogP contribution is 2.36. The van der Waals surface area contributed by atoms with Gasteiger partial charge < -0.3 is 15.3 Å². The topological polar surface area (TPSA) is 77.8 Å². The summed E-state index contributed by atoms with van der Waals surface area (Å²) in [6, 6.07) is 1.58. The lowest BCUT2D eigenvalue weighted by molar-refractivity contribution is 0.112. The molecule has 21 heavy (non-hydrogen) atoms. The van der Waals surface area contributed by atoms with Crippen LogP contribution in [0.25, 0.3) is 0 Å². The number of benzene rings is 1. The van der Waals surface area contributed by atoms with Crippen molar-refractivity contribution in [3.8, 4) is 11.5 Å². The second kappa shape index (κ2) is 7.64. The Hall–Kier alpha value is -2.07. The summed E-state index contributed by atoms with van der Waals surface area (Å²) in [6.45, 7) is 5.55. The highest BCUT2D eigenvalue weighted by Gasteiger charge is 2.15. The lowest BCUT2D eigenvalue weighted by Crippen LogP contribution is -1.97. The van der Waals surface area contributed by atoms with Crippen molar-refractivity contribution in [2.45, 2.75) is 33.6 Å². The van der Waals surface area contributed by atoms with Gasteiger partial charge in [0.25, 0.3) is 0 Å². The number of allylic oxidation sites excluding steroid dienone is 3. The molecule has 0 aliphatic heterocycles. The Balaban J connectivity index is 3.24. The van der Waals surface area contributed by atoms with E-state index in [0.29, 0.717) is 35.8 Å². The van der Waals surface area contributed by atoms with Crippen LogP contribution in [-0.4, -0.2) is 28.2 Å². The van der Waals surface area contributed by atoms with Crippen molar-refractivity contribution in [2.24, 2.45) is 0 Å². The summed E-state index contributed by atoms with van der Waals surface area (Å²) in [6.07, 6.45) is 5.05. The Kier molecular flexibility index (Phi) is 6.18. The summed E-state index contributed by atoms with van der Waals surface area (Å²) in [5.74, 6) is -0.457. The average molecular weight is 290 g/mol. The molecule has 0 bridgehead atoms. The van der Waals surface area contributed by atoms with E-state index in [1.165, 1.54) is 0 Å². The number of rotatable bonds is 6. The second-order valence-electron chi connectivity index (χ2n) is 5.32. The number of aromatic hydroxyl groups is 2. The third-order valence-corrected chi connectivity index (χ3v) is 3.25. The van der Waals surface area contributed by atoms with Gasteiger partial charge in [-0.15, -0.1) is 0 Å². The van der Waals surface area contributed by atoms with E-state index in [1.54, 1.807) is 19.1 Å². The first-order valence-corrected chi connectivity index (χ1v) is 6.82. The van der Waals surface area contributed by atoms with E-state index in [0.717, 1.165) is 11.1 Å². The van der Waals surface area contributed by atoms with Gasteiger partial charge in [-0.05, 0) is 39.7 Å². The number of hydrogen-bond donors (Lipinski definition) is 3. The molecule has 4 nitrogen and oxygen atoms in total. The fraction of sp³-hybridized carbons (Fsp3) is 0.353. The summed E-state index contributed by atoms with van der Waals surface area (Å²) in [5, 5.41) is 29.1. The molecule has 0 radical (unpaired) electrons. The number of phenolic OH excluding ortho intramolecular Hbond substituents is 2. The standard InChI is InChI=1S/C17H22O4/c1-11(2)4-7-15-14(10-19)8-13(16(20)17(15)21)6-5-12(3)9-18/h4-5,8,10,18,20-21H,6-7,9H2,1-3H3. The average Bonchev–Trinajstić information content (AvgIpc) is 2.46. The third kappa shape index (κ3) is 4.46. The molecule has 0 saturated heterocycles. The van der Waals surface area contributed by atoms with E-state index in [1.807, 2.05) is 19.9 Å². The highest BCUT2D eigenvalue weighted by atomic mass is 16.3. The van der Waals surface area contributed by atoms with Gasteiger partial charge >= 0.3 is 0 Å². The van der Waals surface area contributed by atoms with Gasteiger partial charge in [0.15, 0.2) is 11.5 Å². The van der Waals surface area contributed by atoms with Crippen LogP contribution >= 0.6 is 0 Å². The predicted molar refractivity (Wildman–Crippen MR) is 82.8 cm³/mol. The monoisotopic (exact) mass is 290 g/mol. The zero-order chi connectivity index (χ0) is 16.0. The number of carbonyl (C=O) groups excluding carboxylic acids is 1. The van der Waals surface area contributed by atoms with Crippen LogP contribution in [0, 0.1) is 0 Å². The van der Waals surface area contributed by atoms with Gasteiger partial charge in [0, 0.05) is 16.7 Å². The SMILES string of the molecule is CC(C)=CCc1c(C=O)cc(CC=C(C)CO)c(O)c1O. The van der Waals surface area contributed by atoms with Gasteiger partial charge in [-0.3, -0.25) is 4.79 Å². The van der Waals surface area contributed by atoms with E-state index in [2.05, 4.69) is 0 Å². The Bertz CT molecular complexity index is 579. The fourth-order valence-corrected chi connectivity index (χ4v) is 1.91. The summed E-state index contributed by atoms with van der Waals surface area (Å²) in [7, 11) is 0. The molecule has 0 atom stereocenters. The van der Waals surface area contributed by atoms with Crippen LogP contribution in [0.2, 0.25) is 0 Å². The molecule has 0 aliphatic carbocycles. The molecule has 0 aliphatic rings. The third-order valence-electron chi connectivity index (χ3n) is 3.25. The molecule has 1 aromatic carbocycles. The molecule has 0 unspecified atom stereocenters. The smallest absolute Gasteiger partial charge is 0.162 e. The quantitative estimate of drug-likeness (QED) is 0.427. The maximum absolute atomic E-state index is 11.2. The van der Waals surface area contributed by atoms with Crippen LogP contribution < -0.4 is 0 Å². The van der Waals surface area contributed by atoms with E-state index in [9.17, 15) is 15.0 Å². The summed E-state index contributed by atoms with van der Waals surface area (Å²) < 4.78 is 0. The Morgan fingerprint density at radius 3 is 2.29 bits per heavy atom. The first-order chi connectivity index (χ1) is 9.90. The van der Waals surface area contributed by atoms with E-state index in [-0.39, 0.29) is 18.1 Å². The van der Waals surface area contributed by atoms with E-state index in [4.69, 9.17) is 5.11 Å². The van der Waals surface area contributed by atoms with Crippen molar-refractivity contribution < 1.29 is 20.1 Å². The second-order valence-corrected chi connectivity index (χ2v) is 5.32. The number of aliphatic hydroxyl groups excluding tert-OH is 1. The van der Waals surface area contributed by atoms with Crippen LogP contribution in [0.1, 0.15) is 42.3 Å². The molecule has 0 saturated carbocycles. The van der Waals surface area contributed by atoms with Gasteiger partial charge in [-0.2, -0.15) is 0 Å². The van der Waals surface area contributed by atoms with Gasteiger partial charge in [-0.25, -0.2) is 0 Å².